The molecule has 0 spiro atoms. The summed E-state index contributed by atoms with van der Waals surface area (Å²) in [5.41, 5.74) is 0.500. The molecule has 1 aliphatic rings. The summed E-state index contributed by atoms with van der Waals surface area (Å²) in [6, 6.07) is 5.12. The molecule has 5 nitrogen and oxygen atoms in total. The van der Waals surface area contributed by atoms with Crippen LogP contribution in [0.1, 0.15) is 31.5 Å². The minimum Gasteiger partial charge on any atom is -0.324 e. The second kappa shape index (κ2) is 6.48. The summed E-state index contributed by atoms with van der Waals surface area (Å²) in [4.78, 5) is 16.6. The van der Waals surface area contributed by atoms with Crippen LogP contribution in [-0.2, 0) is 4.79 Å². The van der Waals surface area contributed by atoms with Crippen molar-refractivity contribution in [3.8, 4) is 0 Å². The van der Waals surface area contributed by atoms with Gasteiger partial charge in [-0.25, -0.2) is 4.98 Å². The summed E-state index contributed by atoms with van der Waals surface area (Å²) in [5, 5.41) is 10.8. The molecule has 1 amide bonds. The number of aromatic amines is 1. The number of hydrogen-bond donors (Lipinski definition) is 2. The molecule has 1 unspecified atom stereocenters. The zero-order valence-electron chi connectivity index (χ0n) is 11.8. The van der Waals surface area contributed by atoms with Crippen LogP contribution in [-0.4, -0.2) is 26.3 Å². The van der Waals surface area contributed by atoms with Crippen molar-refractivity contribution in [3.63, 3.8) is 0 Å². The van der Waals surface area contributed by atoms with Crippen molar-refractivity contribution in [1.29, 1.82) is 0 Å². The average Bonchev–Trinajstić information content (AvgIpc) is 3.24. The third-order valence-corrected chi connectivity index (χ3v) is 5.09. The third-order valence-electron chi connectivity index (χ3n) is 3.31. The molecule has 0 saturated heterocycles. The fourth-order valence-corrected chi connectivity index (χ4v) is 2.98. The summed E-state index contributed by atoms with van der Waals surface area (Å²) < 4.78 is 0. The first kappa shape index (κ1) is 15.6. The molecule has 2 N–H and O–H groups in total. The van der Waals surface area contributed by atoms with Crippen LogP contribution >= 0.6 is 35.0 Å². The maximum absolute atomic E-state index is 12.2. The smallest absolute Gasteiger partial charge is 0.237 e. The molecule has 0 bridgehead atoms. The van der Waals surface area contributed by atoms with Gasteiger partial charge in [0, 0.05) is 5.92 Å². The van der Waals surface area contributed by atoms with Crippen LogP contribution in [0.4, 0.5) is 5.69 Å². The van der Waals surface area contributed by atoms with E-state index in [1.807, 2.05) is 0 Å². The topological polar surface area (TPSA) is 70.7 Å². The Hall–Kier alpha value is -1.24. The highest BCUT2D eigenvalue weighted by molar-refractivity contribution is 8.00. The normalized spacial score (nSPS) is 15.6. The Morgan fingerprint density at radius 1 is 1.45 bits per heavy atom. The van der Waals surface area contributed by atoms with Crippen LogP contribution in [0.3, 0.4) is 0 Å². The number of hydrogen-bond acceptors (Lipinski definition) is 4. The van der Waals surface area contributed by atoms with Gasteiger partial charge in [0.05, 0.1) is 21.0 Å². The zero-order chi connectivity index (χ0) is 15.7. The van der Waals surface area contributed by atoms with Crippen molar-refractivity contribution in [1.82, 2.24) is 15.2 Å². The van der Waals surface area contributed by atoms with Crippen LogP contribution < -0.4 is 5.32 Å². The highest BCUT2D eigenvalue weighted by Gasteiger charge is 2.28. The summed E-state index contributed by atoms with van der Waals surface area (Å²) in [5.74, 6) is 1.25. The van der Waals surface area contributed by atoms with E-state index in [-0.39, 0.29) is 11.2 Å². The Bertz CT molecular complexity index is 702. The number of carbonyl (C=O) groups is 1. The summed E-state index contributed by atoms with van der Waals surface area (Å²) in [7, 11) is 0. The molecule has 2 aromatic rings. The van der Waals surface area contributed by atoms with Gasteiger partial charge in [-0.15, -0.1) is 5.10 Å². The lowest BCUT2D eigenvalue weighted by molar-refractivity contribution is -0.115. The van der Waals surface area contributed by atoms with Gasteiger partial charge in [-0.3, -0.25) is 9.89 Å². The van der Waals surface area contributed by atoms with E-state index in [2.05, 4.69) is 20.5 Å². The molecule has 1 aromatic carbocycles. The molecule has 0 aliphatic heterocycles. The third kappa shape index (κ3) is 3.56. The first-order chi connectivity index (χ1) is 10.5. The predicted octanol–water partition coefficient (Wildman–Crippen LogP) is 4.11. The number of halogens is 2. The minimum atomic E-state index is -0.349. The number of carbonyl (C=O) groups excluding carboxylic acids is 1. The van der Waals surface area contributed by atoms with E-state index in [0.717, 1.165) is 18.7 Å². The number of nitrogens with zero attached hydrogens (tertiary/aromatic N) is 2. The summed E-state index contributed by atoms with van der Waals surface area (Å²) >= 11 is 13.3. The highest BCUT2D eigenvalue weighted by atomic mass is 35.5. The number of nitrogens with one attached hydrogen (secondary N) is 2. The Balaban J connectivity index is 1.62. The molecule has 116 valence electrons. The predicted molar refractivity (Wildman–Crippen MR) is 88.8 cm³/mol. The van der Waals surface area contributed by atoms with Crippen LogP contribution in [0.2, 0.25) is 10.0 Å². The van der Waals surface area contributed by atoms with Gasteiger partial charge in [-0.1, -0.05) is 41.0 Å². The number of anilines is 1. The lowest BCUT2D eigenvalue weighted by atomic mass is 10.3. The molecule has 3 rings (SSSR count). The van der Waals surface area contributed by atoms with E-state index in [1.54, 1.807) is 25.1 Å². The van der Waals surface area contributed by atoms with Gasteiger partial charge in [0.2, 0.25) is 11.1 Å². The van der Waals surface area contributed by atoms with Crippen molar-refractivity contribution in [3.05, 3.63) is 34.1 Å². The number of H-pyrrole nitrogens is 1. The quantitative estimate of drug-likeness (QED) is 0.790. The van der Waals surface area contributed by atoms with E-state index in [4.69, 9.17) is 23.2 Å². The van der Waals surface area contributed by atoms with Crippen molar-refractivity contribution < 1.29 is 4.79 Å². The average molecular weight is 357 g/mol. The standard InChI is InChI=1S/C14H14Cl2N4OS/c1-7(22-14-18-12(19-20-14)8-5-6-8)13(21)17-10-4-2-3-9(15)11(10)16/h2-4,7-8H,5-6H2,1H3,(H,17,21)(H,18,19,20). The van der Waals surface area contributed by atoms with Crippen LogP contribution in [0.15, 0.2) is 23.4 Å². The largest absolute Gasteiger partial charge is 0.324 e. The molecule has 22 heavy (non-hydrogen) atoms. The second-order valence-electron chi connectivity index (χ2n) is 5.13. The maximum Gasteiger partial charge on any atom is 0.237 e. The Morgan fingerprint density at radius 2 is 2.23 bits per heavy atom. The molecular weight excluding hydrogens is 343 g/mol. The van der Waals surface area contributed by atoms with Gasteiger partial charge < -0.3 is 5.32 Å². The molecule has 1 aromatic heterocycles. The van der Waals surface area contributed by atoms with E-state index >= 15 is 0 Å². The molecule has 0 radical (unpaired) electrons. The van der Waals surface area contributed by atoms with E-state index in [1.165, 1.54) is 11.8 Å². The summed E-state index contributed by atoms with van der Waals surface area (Å²) in [6.45, 7) is 1.80. The molecule has 1 fully saturated rings. The molecule has 8 heteroatoms. The van der Waals surface area contributed by atoms with Gasteiger partial charge in [-0.2, -0.15) is 0 Å². The highest BCUT2D eigenvalue weighted by Crippen LogP contribution is 2.38. The maximum atomic E-state index is 12.2. The number of amides is 1. The van der Waals surface area contributed by atoms with Gasteiger partial charge >= 0.3 is 0 Å². The first-order valence-corrected chi connectivity index (χ1v) is 8.52. The zero-order valence-corrected chi connectivity index (χ0v) is 14.1. The van der Waals surface area contributed by atoms with E-state index < -0.39 is 0 Å². The van der Waals surface area contributed by atoms with Crippen molar-refractivity contribution in [2.45, 2.75) is 36.1 Å². The van der Waals surface area contributed by atoms with Crippen LogP contribution in [0, 0.1) is 0 Å². The van der Waals surface area contributed by atoms with E-state index in [9.17, 15) is 4.79 Å². The second-order valence-corrected chi connectivity index (χ2v) is 7.22. The lowest BCUT2D eigenvalue weighted by Crippen LogP contribution is -2.22. The molecular formula is C14H14Cl2N4OS. The van der Waals surface area contributed by atoms with Crippen molar-refractivity contribution >= 4 is 46.6 Å². The van der Waals surface area contributed by atoms with Gasteiger partial charge in [0.1, 0.15) is 5.82 Å². The monoisotopic (exact) mass is 356 g/mol. The SMILES string of the molecule is CC(Sc1n[nH]c(C2CC2)n1)C(=O)Nc1cccc(Cl)c1Cl. The summed E-state index contributed by atoms with van der Waals surface area (Å²) in [6.07, 6.45) is 2.31. The Labute approximate surface area is 142 Å². The lowest BCUT2D eigenvalue weighted by Gasteiger charge is -2.11. The van der Waals surface area contributed by atoms with Crippen molar-refractivity contribution in [2.75, 3.05) is 5.32 Å². The number of thioether (sulfide) groups is 1. The molecule has 1 atom stereocenters. The number of aromatic nitrogens is 3. The van der Waals surface area contributed by atoms with E-state index in [0.29, 0.717) is 26.8 Å². The Morgan fingerprint density at radius 3 is 2.95 bits per heavy atom. The fourth-order valence-electron chi connectivity index (χ4n) is 1.90. The van der Waals surface area contributed by atoms with Crippen LogP contribution in [0.5, 0.6) is 0 Å². The van der Waals surface area contributed by atoms with Gasteiger partial charge in [-0.05, 0) is 31.9 Å². The molecule has 1 saturated carbocycles. The van der Waals surface area contributed by atoms with Gasteiger partial charge in [0.15, 0.2) is 0 Å². The fraction of sp³-hybridized carbons (Fsp3) is 0.357. The molecule has 1 heterocycles. The number of rotatable bonds is 5. The van der Waals surface area contributed by atoms with Gasteiger partial charge in [0.25, 0.3) is 0 Å². The Kier molecular flexibility index (Phi) is 4.61. The van der Waals surface area contributed by atoms with Crippen LogP contribution in [0.25, 0.3) is 0 Å². The number of benzene rings is 1. The minimum absolute atomic E-state index is 0.174. The van der Waals surface area contributed by atoms with Crippen molar-refractivity contribution in [2.24, 2.45) is 0 Å². The molecule has 1 aliphatic carbocycles. The first-order valence-electron chi connectivity index (χ1n) is 6.88.